The fraction of sp³-hybridized carbons (Fsp3) is 0. The SMILES string of the molecule is O=[N+]([O-])c1ccc(N=C(Oc2ccc([N+](=O)[O-])cc2)c2ccccc2)cc1. The molecule has 0 N–H and O–H groups in total. The van der Waals surface area contributed by atoms with Crippen LogP contribution in [-0.2, 0) is 0 Å². The van der Waals surface area contributed by atoms with Crippen molar-refractivity contribution in [2.24, 2.45) is 4.99 Å². The van der Waals surface area contributed by atoms with Crippen LogP contribution in [0, 0.1) is 20.2 Å². The van der Waals surface area contributed by atoms with Gasteiger partial charge in [0.05, 0.1) is 15.5 Å². The molecule has 0 unspecified atom stereocenters. The van der Waals surface area contributed by atoms with Gasteiger partial charge in [0.25, 0.3) is 11.4 Å². The second-order valence-corrected chi connectivity index (χ2v) is 5.41. The van der Waals surface area contributed by atoms with Gasteiger partial charge in [0.1, 0.15) is 5.75 Å². The van der Waals surface area contributed by atoms with Gasteiger partial charge in [-0.05, 0) is 36.4 Å². The molecule has 0 saturated carbocycles. The molecule has 0 heterocycles. The van der Waals surface area contributed by atoms with Crippen LogP contribution in [0.1, 0.15) is 5.56 Å². The fourth-order valence-electron chi connectivity index (χ4n) is 2.24. The number of nitrogens with zero attached hydrogens (tertiary/aromatic N) is 3. The van der Waals surface area contributed by atoms with Gasteiger partial charge in [0, 0.05) is 29.8 Å². The Labute approximate surface area is 153 Å². The number of rotatable bonds is 5. The lowest BCUT2D eigenvalue weighted by Crippen LogP contribution is -2.10. The topological polar surface area (TPSA) is 108 Å². The van der Waals surface area contributed by atoms with Gasteiger partial charge in [-0.25, -0.2) is 4.99 Å². The molecule has 3 aromatic carbocycles. The summed E-state index contributed by atoms with van der Waals surface area (Å²) in [6, 6.07) is 20.5. The molecule has 0 aliphatic rings. The molecule has 0 radical (unpaired) electrons. The second-order valence-electron chi connectivity index (χ2n) is 5.41. The summed E-state index contributed by atoms with van der Waals surface area (Å²) in [7, 11) is 0. The Morgan fingerprint density at radius 3 is 1.78 bits per heavy atom. The molecule has 0 amide bonds. The van der Waals surface area contributed by atoms with Gasteiger partial charge < -0.3 is 4.74 Å². The Hall–Kier alpha value is -4.07. The molecule has 0 bridgehead atoms. The van der Waals surface area contributed by atoms with Crippen LogP contribution in [0.15, 0.2) is 83.9 Å². The van der Waals surface area contributed by atoms with E-state index in [0.717, 1.165) is 0 Å². The molecule has 0 aromatic heterocycles. The molecule has 0 fully saturated rings. The molecule has 8 nitrogen and oxygen atoms in total. The molecular formula is C19H13N3O5. The third-order valence-corrected chi connectivity index (χ3v) is 3.57. The number of nitro benzene ring substituents is 2. The van der Waals surface area contributed by atoms with Crippen LogP contribution in [0.5, 0.6) is 5.75 Å². The number of hydrogen-bond donors (Lipinski definition) is 0. The second kappa shape index (κ2) is 7.87. The van der Waals surface area contributed by atoms with Crippen LogP contribution < -0.4 is 4.74 Å². The zero-order valence-electron chi connectivity index (χ0n) is 13.9. The first kappa shape index (κ1) is 17.7. The maximum atomic E-state index is 10.8. The van der Waals surface area contributed by atoms with Gasteiger partial charge in [-0.3, -0.25) is 20.2 Å². The molecule has 134 valence electrons. The van der Waals surface area contributed by atoms with Crippen molar-refractivity contribution < 1.29 is 14.6 Å². The van der Waals surface area contributed by atoms with Crippen LogP contribution in [0.4, 0.5) is 17.1 Å². The van der Waals surface area contributed by atoms with E-state index in [1.807, 2.05) is 18.2 Å². The van der Waals surface area contributed by atoms with Crippen molar-refractivity contribution in [1.82, 2.24) is 0 Å². The number of non-ortho nitro benzene ring substituents is 2. The molecule has 0 saturated heterocycles. The van der Waals surface area contributed by atoms with E-state index < -0.39 is 9.85 Å². The molecule has 0 aliphatic carbocycles. The summed E-state index contributed by atoms with van der Waals surface area (Å²) >= 11 is 0. The number of hydrogen-bond acceptors (Lipinski definition) is 6. The van der Waals surface area contributed by atoms with Gasteiger partial charge in [0.2, 0.25) is 5.90 Å². The van der Waals surface area contributed by atoms with Crippen LogP contribution in [0.3, 0.4) is 0 Å². The summed E-state index contributed by atoms with van der Waals surface area (Å²) in [6.07, 6.45) is 0. The van der Waals surface area contributed by atoms with Gasteiger partial charge in [0.15, 0.2) is 0 Å². The molecule has 8 heteroatoms. The van der Waals surface area contributed by atoms with E-state index in [1.165, 1.54) is 48.5 Å². The van der Waals surface area contributed by atoms with Crippen molar-refractivity contribution in [1.29, 1.82) is 0 Å². The quantitative estimate of drug-likeness (QED) is 0.283. The molecule has 3 aromatic rings. The normalized spacial score (nSPS) is 11.0. The van der Waals surface area contributed by atoms with Crippen LogP contribution in [0.2, 0.25) is 0 Å². The largest absolute Gasteiger partial charge is 0.438 e. The summed E-state index contributed by atoms with van der Waals surface area (Å²) in [6.45, 7) is 0. The Balaban J connectivity index is 1.93. The van der Waals surface area contributed by atoms with Crippen molar-refractivity contribution in [3.05, 3.63) is 105 Å². The summed E-state index contributed by atoms with van der Waals surface area (Å²) in [5.41, 5.74) is 1.08. The smallest absolute Gasteiger partial charge is 0.269 e. The standard InChI is InChI=1S/C19H13N3O5/c23-21(24)16-8-6-15(7-9-16)20-19(14-4-2-1-3-5-14)27-18-12-10-17(11-13-18)22(25)26/h1-13H. The first-order valence-electron chi connectivity index (χ1n) is 7.84. The minimum Gasteiger partial charge on any atom is -0.438 e. The lowest BCUT2D eigenvalue weighted by atomic mass is 10.2. The summed E-state index contributed by atoms with van der Waals surface area (Å²) in [5, 5.41) is 21.5. The molecule has 0 atom stereocenters. The average molecular weight is 363 g/mol. The van der Waals surface area contributed by atoms with E-state index in [1.54, 1.807) is 12.1 Å². The fourth-order valence-corrected chi connectivity index (χ4v) is 2.24. The van der Waals surface area contributed by atoms with Crippen molar-refractivity contribution in [2.45, 2.75) is 0 Å². The van der Waals surface area contributed by atoms with E-state index >= 15 is 0 Å². The van der Waals surface area contributed by atoms with E-state index in [2.05, 4.69) is 4.99 Å². The van der Waals surface area contributed by atoms with Crippen molar-refractivity contribution in [3.63, 3.8) is 0 Å². The average Bonchev–Trinajstić information content (AvgIpc) is 2.69. The number of aliphatic imine (C=N–C) groups is 1. The zero-order chi connectivity index (χ0) is 19.2. The van der Waals surface area contributed by atoms with E-state index in [-0.39, 0.29) is 17.3 Å². The lowest BCUT2D eigenvalue weighted by Gasteiger charge is -2.09. The number of benzene rings is 3. The highest BCUT2D eigenvalue weighted by Gasteiger charge is 2.10. The van der Waals surface area contributed by atoms with Gasteiger partial charge >= 0.3 is 0 Å². The molecule has 3 rings (SSSR count). The summed E-state index contributed by atoms with van der Waals surface area (Å²) < 4.78 is 5.81. The van der Waals surface area contributed by atoms with Crippen molar-refractivity contribution in [3.8, 4) is 5.75 Å². The van der Waals surface area contributed by atoms with Crippen LogP contribution in [-0.4, -0.2) is 15.7 Å². The van der Waals surface area contributed by atoms with Gasteiger partial charge in [-0.1, -0.05) is 18.2 Å². The van der Waals surface area contributed by atoms with Gasteiger partial charge in [-0.15, -0.1) is 0 Å². The molecule has 0 aliphatic heterocycles. The third-order valence-electron chi connectivity index (χ3n) is 3.57. The highest BCUT2D eigenvalue weighted by atomic mass is 16.6. The summed E-state index contributed by atoms with van der Waals surface area (Å²) in [4.78, 5) is 25.0. The molecule has 0 spiro atoms. The monoisotopic (exact) mass is 363 g/mol. The minimum atomic E-state index is -0.493. The van der Waals surface area contributed by atoms with Crippen molar-refractivity contribution >= 4 is 23.0 Å². The van der Waals surface area contributed by atoms with Crippen LogP contribution in [0.25, 0.3) is 0 Å². The Morgan fingerprint density at radius 2 is 1.26 bits per heavy atom. The molecule has 27 heavy (non-hydrogen) atoms. The van der Waals surface area contributed by atoms with E-state index in [4.69, 9.17) is 4.74 Å². The van der Waals surface area contributed by atoms with E-state index in [9.17, 15) is 20.2 Å². The molecular weight excluding hydrogens is 350 g/mol. The predicted octanol–water partition coefficient (Wildman–Crippen LogP) is 4.66. The maximum absolute atomic E-state index is 10.8. The van der Waals surface area contributed by atoms with E-state index in [0.29, 0.717) is 17.0 Å². The van der Waals surface area contributed by atoms with Crippen LogP contribution >= 0.6 is 0 Å². The Bertz CT molecular complexity index is 984. The Kier molecular flexibility index (Phi) is 5.17. The zero-order valence-corrected chi connectivity index (χ0v) is 13.9. The minimum absolute atomic E-state index is 0.0356. The maximum Gasteiger partial charge on any atom is 0.269 e. The predicted molar refractivity (Wildman–Crippen MR) is 99.5 cm³/mol. The van der Waals surface area contributed by atoms with Crippen molar-refractivity contribution in [2.75, 3.05) is 0 Å². The summed E-state index contributed by atoms with van der Waals surface area (Å²) in [5.74, 6) is 0.642. The number of ether oxygens (including phenoxy) is 1. The number of nitro groups is 2. The first-order chi connectivity index (χ1) is 13.0. The highest BCUT2D eigenvalue weighted by Crippen LogP contribution is 2.22. The third kappa shape index (κ3) is 4.51. The van der Waals surface area contributed by atoms with Gasteiger partial charge in [-0.2, -0.15) is 0 Å². The Morgan fingerprint density at radius 1 is 0.741 bits per heavy atom. The first-order valence-corrected chi connectivity index (χ1v) is 7.84. The lowest BCUT2D eigenvalue weighted by molar-refractivity contribution is -0.385. The highest BCUT2D eigenvalue weighted by molar-refractivity contribution is 5.97.